The smallest absolute Gasteiger partial charge is 0.261 e. The van der Waals surface area contributed by atoms with Crippen molar-refractivity contribution in [3.63, 3.8) is 0 Å². The minimum atomic E-state index is -3.81. The van der Waals surface area contributed by atoms with Crippen molar-refractivity contribution in [1.82, 2.24) is 9.78 Å². The van der Waals surface area contributed by atoms with Crippen molar-refractivity contribution in [2.75, 3.05) is 10.0 Å². The molecule has 1 aromatic heterocycles. The summed E-state index contributed by atoms with van der Waals surface area (Å²) in [5, 5.41) is 7.11. The molecule has 1 heterocycles. The Morgan fingerprint density at radius 1 is 0.939 bits per heavy atom. The van der Waals surface area contributed by atoms with Crippen molar-refractivity contribution < 1.29 is 17.6 Å². The van der Waals surface area contributed by atoms with E-state index in [4.69, 9.17) is 0 Å². The highest BCUT2D eigenvalue weighted by molar-refractivity contribution is 7.92. The average molecular weight is 465 g/mol. The molecule has 0 bridgehead atoms. The topological polar surface area (TPSA) is 93.1 Å². The number of sulfonamides is 1. The summed E-state index contributed by atoms with van der Waals surface area (Å²) in [5.41, 5.74) is 2.81. The van der Waals surface area contributed by atoms with Gasteiger partial charge in [0.05, 0.1) is 22.0 Å². The fraction of sp³-hybridized carbons (Fsp3) is 0.0833. The Balaban J connectivity index is 1.53. The predicted octanol–water partition coefficient (Wildman–Crippen LogP) is 4.68. The Kier molecular flexibility index (Phi) is 5.97. The van der Waals surface area contributed by atoms with Gasteiger partial charge in [0.15, 0.2) is 0 Å². The van der Waals surface area contributed by atoms with E-state index in [0.717, 1.165) is 5.56 Å². The van der Waals surface area contributed by atoms with E-state index in [0.29, 0.717) is 22.9 Å². The van der Waals surface area contributed by atoms with Crippen LogP contribution in [0.2, 0.25) is 0 Å². The fourth-order valence-electron chi connectivity index (χ4n) is 3.23. The first-order valence-electron chi connectivity index (χ1n) is 10.1. The molecular weight excluding hydrogens is 443 g/mol. The Morgan fingerprint density at radius 3 is 2.27 bits per heavy atom. The molecule has 33 heavy (non-hydrogen) atoms. The van der Waals surface area contributed by atoms with Crippen LogP contribution in [0.25, 0.3) is 5.69 Å². The number of amides is 1. The molecule has 7 nitrogen and oxygen atoms in total. The lowest BCUT2D eigenvalue weighted by atomic mass is 10.2. The quantitative estimate of drug-likeness (QED) is 0.433. The Bertz CT molecular complexity index is 1410. The molecule has 2 N–H and O–H groups in total. The molecule has 0 fully saturated rings. The van der Waals surface area contributed by atoms with Gasteiger partial charge in [0.1, 0.15) is 11.6 Å². The average Bonchev–Trinajstić information content (AvgIpc) is 3.15. The van der Waals surface area contributed by atoms with Gasteiger partial charge in [0.2, 0.25) is 0 Å². The number of hydrogen-bond acceptors (Lipinski definition) is 4. The number of benzene rings is 3. The molecule has 0 aliphatic rings. The van der Waals surface area contributed by atoms with E-state index in [1.54, 1.807) is 37.3 Å². The summed E-state index contributed by atoms with van der Waals surface area (Å²) in [6.45, 7) is 3.58. The zero-order valence-corrected chi connectivity index (χ0v) is 18.7. The first kappa shape index (κ1) is 22.2. The lowest BCUT2D eigenvalue weighted by Crippen LogP contribution is -2.16. The van der Waals surface area contributed by atoms with Gasteiger partial charge in [-0.15, -0.1) is 0 Å². The number of carbonyl (C=O) groups is 1. The molecule has 9 heteroatoms. The summed E-state index contributed by atoms with van der Waals surface area (Å²) < 4.78 is 42.7. The maximum absolute atomic E-state index is 13.3. The number of halogens is 1. The molecule has 0 unspecified atom stereocenters. The van der Waals surface area contributed by atoms with Crippen LogP contribution < -0.4 is 10.0 Å². The third kappa shape index (κ3) is 4.93. The Labute approximate surface area is 190 Å². The molecule has 4 aromatic rings. The van der Waals surface area contributed by atoms with Gasteiger partial charge in [-0.2, -0.15) is 5.10 Å². The zero-order valence-electron chi connectivity index (χ0n) is 17.9. The SMILES string of the molecule is Cc1cc(NC(=O)c2ccc(S(=O)(=O)Nc3ccccc3C)cc2)n(-c2ccc(F)cc2)n1. The van der Waals surface area contributed by atoms with Gasteiger partial charge in [0, 0.05) is 11.6 Å². The lowest BCUT2D eigenvalue weighted by molar-refractivity contribution is 0.102. The number of hydrogen-bond donors (Lipinski definition) is 2. The second-order valence-electron chi connectivity index (χ2n) is 7.46. The normalized spacial score (nSPS) is 11.2. The summed E-state index contributed by atoms with van der Waals surface area (Å²) in [5.74, 6) is -0.406. The zero-order chi connectivity index (χ0) is 23.6. The minimum absolute atomic E-state index is 0.0366. The van der Waals surface area contributed by atoms with Crippen molar-refractivity contribution in [1.29, 1.82) is 0 Å². The number of nitrogens with one attached hydrogen (secondary N) is 2. The summed E-state index contributed by atoms with van der Waals surface area (Å²) in [6.07, 6.45) is 0. The second-order valence-corrected chi connectivity index (χ2v) is 9.14. The number of anilines is 2. The van der Waals surface area contributed by atoms with E-state index in [1.165, 1.54) is 41.1 Å². The van der Waals surface area contributed by atoms with Crippen LogP contribution in [0.3, 0.4) is 0 Å². The van der Waals surface area contributed by atoms with Gasteiger partial charge < -0.3 is 5.32 Å². The highest BCUT2D eigenvalue weighted by Crippen LogP contribution is 2.21. The number of rotatable bonds is 6. The van der Waals surface area contributed by atoms with Gasteiger partial charge >= 0.3 is 0 Å². The Hall–Kier alpha value is -3.98. The van der Waals surface area contributed by atoms with Gasteiger partial charge in [-0.25, -0.2) is 17.5 Å². The van der Waals surface area contributed by atoms with Crippen molar-refractivity contribution in [2.24, 2.45) is 0 Å². The highest BCUT2D eigenvalue weighted by Gasteiger charge is 2.17. The molecule has 0 aliphatic carbocycles. The molecule has 1 amide bonds. The largest absolute Gasteiger partial charge is 0.306 e. The molecular formula is C24H21FN4O3S. The van der Waals surface area contributed by atoms with Gasteiger partial charge in [-0.05, 0) is 74.0 Å². The van der Waals surface area contributed by atoms with Crippen molar-refractivity contribution in [2.45, 2.75) is 18.7 Å². The van der Waals surface area contributed by atoms with Crippen LogP contribution in [0.1, 0.15) is 21.6 Å². The van der Waals surface area contributed by atoms with Crippen molar-refractivity contribution in [3.05, 3.63) is 102 Å². The monoisotopic (exact) mass is 464 g/mol. The molecule has 0 saturated heterocycles. The van der Waals surface area contributed by atoms with E-state index in [9.17, 15) is 17.6 Å². The lowest BCUT2D eigenvalue weighted by Gasteiger charge is -2.11. The highest BCUT2D eigenvalue weighted by atomic mass is 32.2. The second kappa shape index (κ2) is 8.87. The van der Waals surface area contributed by atoms with Crippen LogP contribution in [0.4, 0.5) is 15.9 Å². The molecule has 4 rings (SSSR count). The number of nitrogens with zero attached hydrogens (tertiary/aromatic N) is 2. The molecule has 0 aliphatic heterocycles. The van der Waals surface area contributed by atoms with E-state index < -0.39 is 15.9 Å². The van der Waals surface area contributed by atoms with Gasteiger partial charge in [0.25, 0.3) is 15.9 Å². The van der Waals surface area contributed by atoms with E-state index >= 15 is 0 Å². The first-order chi connectivity index (χ1) is 15.7. The summed E-state index contributed by atoms with van der Waals surface area (Å²) in [7, 11) is -3.81. The van der Waals surface area contributed by atoms with E-state index in [2.05, 4.69) is 15.1 Å². The van der Waals surface area contributed by atoms with E-state index in [-0.39, 0.29) is 16.3 Å². The van der Waals surface area contributed by atoms with Crippen LogP contribution in [0.5, 0.6) is 0 Å². The summed E-state index contributed by atoms with van der Waals surface area (Å²) >= 11 is 0. The number of aryl methyl sites for hydroxylation is 2. The molecule has 3 aromatic carbocycles. The predicted molar refractivity (Wildman–Crippen MR) is 125 cm³/mol. The molecule has 168 valence electrons. The van der Waals surface area contributed by atoms with Crippen LogP contribution in [-0.4, -0.2) is 24.1 Å². The number of aromatic nitrogens is 2. The first-order valence-corrected chi connectivity index (χ1v) is 11.5. The third-order valence-corrected chi connectivity index (χ3v) is 6.34. The Morgan fingerprint density at radius 2 is 1.61 bits per heavy atom. The maximum Gasteiger partial charge on any atom is 0.261 e. The van der Waals surface area contributed by atoms with Crippen LogP contribution in [0, 0.1) is 19.7 Å². The van der Waals surface area contributed by atoms with Crippen molar-refractivity contribution in [3.8, 4) is 5.69 Å². The summed E-state index contributed by atoms with van der Waals surface area (Å²) in [4.78, 5) is 12.8. The molecule has 0 atom stereocenters. The molecule has 0 spiro atoms. The fourth-order valence-corrected chi connectivity index (χ4v) is 4.36. The van der Waals surface area contributed by atoms with Crippen LogP contribution in [0.15, 0.2) is 83.8 Å². The van der Waals surface area contributed by atoms with E-state index in [1.807, 2.05) is 19.1 Å². The maximum atomic E-state index is 13.3. The minimum Gasteiger partial charge on any atom is -0.306 e. The standard InChI is InChI=1S/C24H21FN4O3S/c1-16-5-3-4-6-22(16)28-33(31,32)21-13-7-18(8-14-21)24(30)26-23-15-17(2)27-29(23)20-11-9-19(25)10-12-20/h3-15,28H,1-2H3,(H,26,30). The van der Waals surface area contributed by atoms with Crippen LogP contribution >= 0.6 is 0 Å². The number of para-hydroxylation sites is 1. The van der Waals surface area contributed by atoms with Crippen molar-refractivity contribution >= 4 is 27.4 Å². The van der Waals surface area contributed by atoms with Crippen LogP contribution in [-0.2, 0) is 10.0 Å². The number of carbonyl (C=O) groups excluding carboxylic acids is 1. The summed E-state index contributed by atoms with van der Waals surface area (Å²) in [6, 6.07) is 20.1. The van der Waals surface area contributed by atoms with Gasteiger partial charge in [-0.1, -0.05) is 18.2 Å². The molecule has 0 radical (unpaired) electrons. The van der Waals surface area contributed by atoms with Gasteiger partial charge in [-0.3, -0.25) is 9.52 Å². The third-order valence-electron chi connectivity index (χ3n) is 4.96. The molecule has 0 saturated carbocycles.